The largest absolute Gasteiger partial charge is 0.368 e. The van der Waals surface area contributed by atoms with E-state index in [0.717, 1.165) is 55.9 Å². The Bertz CT molecular complexity index is 551. The third kappa shape index (κ3) is 4.18. The van der Waals surface area contributed by atoms with Crippen LogP contribution in [0.25, 0.3) is 0 Å². The molecular weight excluding hydrogens is 310 g/mol. The summed E-state index contributed by atoms with van der Waals surface area (Å²) >= 11 is 6.30. The van der Waals surface area contributed by atoms with Crippen molar-refractivity contribution in [3.63, 3.8) is 0 Å². The first-order chi connectivity index (χ1) is 11.1. The minimum Gasteiger partial charge on any atom is -0.368 e. The summed E-state index contributed by atoms with van der Waals surface area (Å²) in [6.45, 7) is 1.82. The number of amides is 1. The fourth-order valence-corrected chi connectivity index (χ4v) is 4.12. The number of hydrogen-bond acceptors (Lipinski definition) is 3. The number of anilines is 1. The van der Waals surface area contributed by atoms with Crippen LogP contribution in [0, 0.1) is 5.92 Å². The van der Waals surface area contributed by atoms with Gasteiger partial charge in [-0.3, -0.25) is 4.79 Å². The normalized spacial score (nSPS) is 27.9. The van der Waals surface area contributed by atoms with E-state index in [4.69, 9.17) is 17.3 Å². The summed E-state index contributed by atoms with van der Waals surface area (Å²) in [5, 5.41) is 3.98. The van der Waals surface area contributed by atoms with Gasteiger partial charge in [0.15, 0.2) is 0 Å². The number of nitrogens with two attached hydrogens (primary N) is 1. The topological polar surface area (TPSA) is 58.4 Å². The first-order valence-corrected chi connectivity index (χ1v) is 9.05. The van der Waals surface area contributed by atoms with Crippen LogP contribution < -0.4 is 16.0 Å². The van der Waals surface area contributed by atoms with Crippen LogP contribution in [0.5, 0.6) is 0 Å². The van der Waals surface area contributed by atoms with Gasteiger partial charge in [0, 0.05) is 31.6 Å². The summed E-state index contributed by atoms with van der Waals surface area (Å²) < 4.78 is 0. The predicted octanol–water partition coefficient (Wildman–Crippen LogP) is 2.94. The Kier molecular flexibility index (Phi) is 5.44. The lowest BCUT2D eigenvalue weighted by atomic mass is 9.99. The molecular formula is C18H26ClN3O. The van der Waals surface area contributed by atoms with Crippen molar-refractivity contribution in [3.05, 3.63) is 29.3 Å². The molecule has 1 saturated heterocycles. The van der Waals surface area contributed by atoms with Gasteiger partial charge in [-0.15, -0.1) is 0 Å². The SMILES string of the molecule is N[C@@H]1CCC[C@H]1CC(=O)NC1CCCN(c2ccccc2Cl)C1. The van der Waals surface area contributed by atoms with E-state index in [0.29, 0.717) is 12.3 Å². The molecule has 126 valence electrons. The molecule has 3 N–H and O–H groups in total. The molecule has 0 bridgehead atoms. The van der Waals surface area contributed by atoms with Crippen molar-refractivity contribution in [1.29, 1.82) is 0 Å². The fraction of sp³-hybridized carbons (Fsp3) is 0.611. The lowest BCUT2D eigenvalue weighted by Crippen LogP contribution is -2.48. The van der Waals surface area contributed by atoms with Gasteiger partial charge in [0.1, 0.15) is 0 Å². The molecule has 1 heterocycles. The summed E-state index contributed by atoms with van der Waals surface area (Å²) in [5.41, 5.74) is 7.13. The average Bonchev–Trinajstić information content (AvgIpc) is 2.93. The van der Waals surface area contributed by atoms with E-state index in [1.807, 2.05) is 24.3 Å². The minimum absolute atomic E-state index is 0.151. The van der Waals surface area contributed by atoms with E-state index in [1.54, 1.807) is 0 Å². The Morgan fingerprint density at radius 1 is 1.26 bits per heavy atom. The van der Waals surface area contributed by atoms with Crippen LogP contribution in [-0.4, -0.2) is 31.1 Å². The second kappa shape index (κ2) is 7.54. The molecule has 1 aromatic rings. The second-order valence-corrected chi connectivity index (χ2v) is 7.27. The molecule has 3 rings (SSSR count). The summed E-state index contributed by atoms with van der Waals surface area (Å²) in [4.78, 5) is 14.6. The van der Waals surface area contributed by atoms with Gasteiger partial charge in [-0.2, -0.15) is 0 Å². The maximum Gasteiger partial charge on any atom is 0.220 e. The van der Waals surface area contributed by atoms with E-state index in [-0.39, 0.29) is 18.0 Å². The quantitative estimate of drug-likeness (QED) is 0.889. The monoisotopic (exact) mass is 335 g/mol. The number of piperidine rings is 1. The number of rotatable bonds is 4. The van der Waals surface area contributed by atoms with Crippen LogP contribution in [0.2, 0.25) is 5.02 Å². The maximum atomic E-state index is 12.3. The first-order valence-electron chi connectivity index (χ1n) is 8.68. The van der Waals surface area contributed by atoms with Crippen molar-refractivity contribution in [2.75, 3.05) is 18.0 Å². The molecule has 2 fully saturated rings. The number of halogens is 1. The molecule has 4 nitrogen and oxygen atoms in total. The molecule has 1 saturated carbocycles. The zero-order valence-electron chi connectivity index (χ0n) is 13.5. The summed E-state index contributed by atoms with van der Waals surface area (Å²) in [5.74, 6) is 0.511. The van der Waals surface area contributed by atoms with Crippen molar-refractivity contribution in [2.45, 2.75) is 50.6 Å². The Morgan fingerprint density at radius 3 is 2.83 bits per heavy atom. The zero-order chi connectivity index (χ0) is 16.2. The summed E-state index contributed by atoms with van der Waals surface area (Å²) in [6.07, 6.45) is 5.97. The lowest BCUT2D eigenvalue weighted by Gasteiger charge is -2.35. The van der Waals surface area contributed by atoms with E-state index in [1.165, 1.54) is 0 Å². The zero-order valence-corrected chi connectivity index (χ0v) is 14.3. The average molecular weight is 336 g/mol. The van der Waals surface area contributed by atoms with Gasteiger partial charge in [-0.05, 0) is 43.7 Å². The number of benzene rings is 1. The van der Waals surface area contributed by atoms with E-state index in [9.17, 15) is 4.79 Å². The van der Waals surface area contributed by atoms with Crippen molar-refractivity contribution >= 4 is 23.2 Å². The molecule has 0 radical (unpaired) electrons. The van der Waals surface area contributed by atoms with Crippen molar-refractivity contribution in [3.8, 4) is 0 Å². The highest BCUT2D eigenvalue weighted by Gasteiger charge is 2.28. The molecule has 1 unspecified atom stereocenters. The molecule has 5 heteroatoms. The van der Waals surface area contributed by atoms with Gasteiger partial charge in [-0.25, -0.2) is 0 Å². The molecule has 2 aliphatic rings. The predicted molar refractivity (Wildman–Crippen MR) is 94.8 cm³/mol. The number of carbonyl (C=O) groups excluding carboxylic acids is 1. The Balaban J connectivity index is 1.54. The van der Waals surface area contributed by atoms with E-state index < -0.39 is 0 Å². The number of nitrogens with zero attached hydrogens (tertiary/aromatic N) is 1. The molecule has 3 atom stereocenters. The highest BCUT2D eigenvalue weighted by atomic mass is 35.5. The van der Waals surface area contributed by atoms with Gasteiger partial charge in [-0.1, -0.05) is 30.2 Å². The molecule has 1 aliphatic carbocycles. The summed E-state index contributed by atoms with van der Waals surface area (Å²) in [6, 6.07) is 8.31. The van der Waals surface area contributed by atoms with Gasteiger partial charge >= 0.3 is 0 Å². The molecule has 1 aromatic carbocycles. The number of nitrogens with one attached hydrogen (secondary N) is 1. The highest BCUT2D eigenvalue weighted by Crippen LogP contribution is 2.29. The molecule has 0 spiro atoms. The minimum atomic E-state index is 0.151. The van der Waals surface area contributed by atoms with Crippen LogP contribution in [0.15, 0.2) is 24.3 Å². The van der Waals surface area contributed by atoms with Crippen LogP contribution in [0.1, 0.15) is 38.5 Å². The van der Waals surface area contributed by atoms with Gasteiger partial charge in [0.25, 0.3) is 0 Å². The van der Waals surface area contributed by atoms with Crippen molar-refractivity contribution in [1.82, 2.24) is 5.32 Å². The van der Waals surface area contributed by atoms with E-state index >= 15 is 0 Å². The Hall–Kier alpha value is -1.26. The molecule has 0 aromatic heterocycles. The smallest absolute Gasteiger partial charge is 0.220 e. The standard InChI is InChI=1S/C18H26ClN3O/c19-15-7-1-2-9-17(15)22-10-4-6-14(12-22)21-18(23)11-13-5-3-8-16(13)20/h1-2,7,9,13-14,16H,3-6,8,10-12,20H2,(H,21,23)/t13-,14?,16+/m0/s1. The number of carbonyl (C=O) groups is 1. The summed E-state index contributed by atoms with van der Waals surface area (Å²) in [7, 11) is 0. The van der Waals surface area contributed by atoms with Crippen LogP contribution in [0.3, 0.4) is 0 Å². The van der Waals surface area contributed by atoms with Crippen LogP contribution >= 0.6 is 11.6 Å². The van der Waals surface area contributed by atoms with Crippen molar-refractivity contribution < 1.29 is 4.79 Å². The van der Waals surface area contributed by atoms with Crippen LogP contribution in [0.4, 0.5) is 5.69 Å². The van der Waals surface area contributed by atoms with Gasteiger partial charge in [0.2, 0.25) is 5.91 Å². The molecule has 1 aliphatic heterocycles. The number of para-hydroxylation sites is 1. The Labute approximate surface area is 143 Å². The third-order valence-electron chi connectivity index (χ3n) is 5.15. The molecule has 1 amide bonds. The van der Waals surface area contributed by atoms with E-state index in [2.05, 4.69) is 10.2 Å². The van der Waals surface area contributed by atoms with Crippen LogP contribution in [-0.2, 0) is 4.79 Å². The second-order valence-electron chi connectivity index (χ2n) is 6.86. The third-order valence-corrected chi connectivity index (χ3v) is 5.46. The maximum absolute atomic E-state index is 12.3. The fourth-order valence-electron chi connectivity index (χ4n) is 3.87. The Morgan fingerprint density at radius 2 is 2.09 bits per heavy atom. The molecule has 23 heavy (non-hydrogen) atoms. The first kappa shape index (κ1) is 16.6. The number of hydrogen-bond donors (Lipinski definition) is 2. The van der Waals surface area contributed by atoms with Gasteiger partial charge < -0.3 is 16.0 Å². The lowest BCUT2D eigenvalue weighted by molar-refractivity contribution is -0.122. The highest BCUT2D eigenvalue weighted by molar-refractivity contribution is 6.33. The van der Waals surface area contributed by atoms with Crippen molar-refractivity contribution in [2.24, 2.45) is 11.7 Å². The van der Waals surface area contributed by atoms with Gasteiger partial charge in [0.05, 0.1) is 10.7 Å².